The Morgan fingerprint density at radius 1 is 1.50 bits per heavy atom. The van der Waals surface area contributed by atoms with Crippen molar-refractivity contribution in [2.75, 3.05) is 19.8 Å². The first-order chi connectivity index (χ1) is 8.42. The van der Waals surface area contributed by atoms with E-state index in [0.717, 1.165) is 0 Å². The standard InChI is InChI=1S/C11H14N2O5/c1-11(2)7-17-6-5-12(11)10(14)8-3-4-9(18-8)13(15)16/h3-4H,5-7H2,1-2H3. The highest BCUT2D eigenvalue weighted by Gasteiger charge is 2.36. The van der Waals surface area contributed by atoms with E-state index < -0.39 is 16.3 Å². The van der Waals surface area contributed by atoms with Crippen LogP contribution in [0.1, 0.15) is 24.4 Å². The van der Waals surface area contributed by atoms with Gasteiger partial charge in [-0.3, -0.25) is 14.9 Å². The lowest BCUT2D eigenvalue weighted by Gasteiger charge is -2.41. The fourth-order valence-electron chi connectivity index (χ4n) is 1.91. The third-order valence-electron chi connectivity index (χ3n) is 2.87. The van der Waals surface area contributed by atoms with Crippen molar-refractivity contribution in [1.82, 2.24) is 4.90 Å². The van der Waals surface area contributed by atoms with Crippen molar-refractivity contribution in [3.8, 4) is 0 Å². The van der Waals surface area contributed by atoms with Gasteiger partial charge in [0.1, 0.15) is 4.92 Å². The molecule has 98 valence electrons. The number of carbonyl (C=O) groups excluding carboxylic acids is 1. The number of nitrogens with zero attached hydrogens (tertiary/aromatic N) is 2. The highest BCUT2D eigenvalue weighted by molar-refractivity contribution is 5.92. The molecule has 0 aliphatic carbocycles. The summed E-state index contributed by atoms with van der Waals surface area (Å²) in [4.78, 5) is 23.7. The SMILES string of the molecule is CC1(C)COCCN1C(=O)c1ccc([N+](=O)[O-])o1. The Hall–Kier alpha value is -1.89. The van der Waals surface area contributed by atoms with Crippen LogP contribution < -0.4 is 0 Å². The van der Waals surface area contributed by atoms with E-state index in [-0.39, 0.29) is 11.7 Å². The highest BCUT2D eigenvalue weighted by Crippen LogP contribution is 2.24. The Balaban J connectivity index is 2.21. The predicted molar refractivity (Wildman–Crippen MR) is 61.3 cm³/mol. The molecule has 1 aliphatic rings. The molecule has 0 atom stereocenters. The number of hydrogen-bond acceptors (Lipinski definition) is 5. The number of morpholine rings is 1. The van der Waals surface area contributed by atoms with Gasteiger partial charge in [-0.2, -0.15) is 0 Å². The molecule has 1 amide bonds. The van der Waals surface area contributed by atoms with Gasteiger partial charge in [0.05, 0.1) is 24.8 Å². The first-order valence-electron chi connectivity index (χ1n) is 5.56. The lowest BCUT2D eigenvalue weighted by Crippen LogP contribution is -2.55. The Morgan fingerprint density at radius 2 is 2.22 bits per heavy atom. The molecule has 2 rings (SSSR count). The summed E-state index contributed by atoms with van der Waals surface area (Å²) in [6, 6.07) is 2.51. The Labute approximate surface area is 103 Å². The maximum absolute atomic E-state index is 12.2. The first kappa shape index (κ1) is 12.6. The minimum Gasteiger partial charge on any atom is -0.395 e. The molecule has 0 radical (unpaired) electrons. The van der Waals surface area contributed by atoms with Crippen LogP contribution in [0.3, 0.4) is 0 Å². The zero-order valence-electron chi connectivity index (χ0n) is 10.2. The molecule has 1 saturated heterocycles. The highest BCUT2D eigenvalue weighted by atomic mass is 16.6. The largest absolute Gasteiger partial charge is 0.433 e. The quantitative estimate of drug-likeness (QED) is 0.588. The number of furan rings is 1. The third-order valence-corrected chi connectivity index (χ3v) is 2.87. The van der Waals surface area contributed by atoms with E-state index in [1.807, 2.05) is 13.8 Å². The number of carbonyl (C=O) groups is 1. The second-order valence-corrected chi connectivity index (χ2v) is 4.72. The van der Waals surface area contributed by atoms with Gasteiger partial charge in [0, 0.05) is 6.54 Å². The molecule has 1 aliphatic heterocycles. The fraction of sp³-hybridized carbons (Fsp3) is 0.545. The molecule has 0 unspecified atom stereocenters. The maximum Gasteiger partial charge on any atom is 0.433 e. The summed E-state index contributed by atoms with van der Waals surface area (Å²) in [7, 11) is 0. The molecule has 1 aromatic heterocycles. The summed E-state index contributed by atoms with van der Waals surface area (Å²) >= 11 is 0. The zero-order chi connectivity index (χ0) is 13.3. The van der Waals surface area contributed by atoms with Crippen LogP contribution in [0.4, 0.5) is 5.88 Å². The van der Waals surface area contributed by atoms with E-state index in [1.54, 1.807) is 4.90 Å². The van der Waals surface area contributed by atoms with Crippen LogP contribution in [-0.2, 0) is 4.74 Å². The van der Waals surface area contributed by atoms with Crippen LogP contribution in [-0.4, -0.2) is 41.0 Å². The first-order valence-corrected chi connectivity index (χ1v) is 5.56. The Morgan fingerprint density at radius 3 is 2.78 bits per heavy atom. The zero-order valence-corrected chi connectivity index (χ0v) is 10.2. The minimum atomic E-state index is -0.665. The Kier molecular flexibility index (Phi) is 3.08. The van der Waals surface area contributed by atoms with Gasteiger partial charge in [-0.1, -0.05) is 0 Å². The van der Waals surface area contributed by atoms with E-state index in [0.29, 0.717) is 19.8 Å². The second kappa shape index (κ2) is 4.41. The van der Waals surface area contributed by atoms with E-state index in [4.69, 9.17) is 9.15 Å². The average Bonchev–Trinajstić information content (AvgIpc) is 2.77. The molecule has 1 fully saturated rings. The van der Waals surface area contributed by atoms with Gasteiger partial charge < -0.3 is 14.1 Å². The summed E-state index contributed by atoms with van der Waals surface area (Å²) in [5.74, 6) is -0.794. The van der Waals surface area contributed by atoms with Crippen molar-refractivity contribution in [2.24, 2.45) is 0 Å². The van der Waals surface area contributed by atoms with Crippen molar-refractivity contribution in [1.29, 1.82) is 0 Å². The van der Waals surface area contributed by atoms with E-state index >= 15 is 0 Å². The normalized spacial score (nSPS) is 18.7. The lowest BCUT2D eigenvalue weighted by molar-refractivity contribution is -0.402. The molecule has 0 aromatic carbocycles. The van der Waals surface area contributed by atoms with Gasteiger partial charge in [0.2, 0.25) is 0 Å². The average molecular weight is 254 g/mol. The number of amides is 1. The van der Waals surface area contributed by atoms with Crippen molar-refractivity contribution >= 4 is 11.8 Å². The van der Waals surface area contributed by atoms with Gasteiger partial charge in [-0.25, -0.2) is 0 Å². The monoisotopic (exact) mass is 254 g/mol. The Bertz CT molecular complexity index is 480. The van der Waals surface area contributed by atoms with Crippen molar-refractivity contribution in [3.05, 3.63) is 28.0 Å². The molecular formula is C11H14N2O5. The third kappa shape index (κ3) is 2.21. The second-order valence-electron chi connectivity index (χ2n) is 4.72. The van der Waals surface area contributed by atoms with Gasteiger partial charge in [0.15, 0.2) is 5.76 Å². The van der Waals surface area contributed by atoms with Gasteiger partial charge in [-0.15, -0.1) is 0 Å². The lowest BCUT2D eigenvalue weighted by atomic mass is 10.0. The van der Waals surface area contributed by atoms with Crippen LogP contribution >= 0.6 is 0 Å². The molecular weight excluding hydrogens is 240 g/mol. The summed E-state index contributed by atoms with van der Waals surface area (Å²) in [6.45, 7) is 5.09. The van der Waals surface area contributed by atoms with Crippen LogP contribution in [0, 0.1) is 10.1 Å². The summed E-state index contributed by atoms with van der Waals surface area (Å²) in [5.41, 5.74) is -0.448. The van der Waals surface area contributed by atoms with Crippen LogP contribution in [0.25, 0.3) is 0 Å². The smallest absolute Gasteiger partial charge is 0.395 e. The number of nitro groups is 1. The van der Waals surface area contributed by atoms with Gasteiger partial charge >= 0.3 is 5.88 Å². The molecule has 2 heterocycles. The van der Waals surface area contributed by atoms with E-state index in [1.165, 1.54) is 12.1 Å². The molecule has 0 saturated carbocycles. The van der Waals surface area contributed by atoms with Crippen LogP contribution in [0.2, 0.25) is 0 Å². The van der Waals surface area contributed by atoms with Crippen molar-refractivity contribution in [3.63, 3.8) is 0 Å². The molecule has 7 nitrogen and oxygen atoms in total. The van der Waals surface area contributed by atoms with Gasteiger partial charge in [0.25, 0.3) is 5.91 Å². The maximum atomic E-state index is 12.2. The summed E-state index contributed by atoms with van der Waals surface area (Å²) < 4.78 is 10.2. The topological polar surface area (TPSA) is 85.8 Å². The number of rotatable bonds is 2. The molecule has 0 bridgehead atoms. The van der Waals surface area contributed by atoms with Crippen molar-refractivity contribution in [2.45, 2.75) is 19.4 Å². The van der Waals surface area contributed by atoms with Gasteiger partial charge in [-0.05, 0) is 19.9 Å². The molecule has 1 aromatic rings. The number of hydrogen-bond donors (Lipinski definition) is 0. The van der Waals surface area contributed by atoms with E-state index in [9.17, 15) is 14.9 Å². The van der Waals surface area contributed by atoms with E-state index in [2.05, 4.69) is 0 Å². The number of ether oxygens (including phenoxy) is 1. The molecule has 0 N–H and O–H groups in total. The molecule has 7 heteroatoms. The molecule has 18 heavy (non-hydrogen) atoms. The summed E-state index contributed by atoms with van der Waals surface area (Å²) in [5, 5.41) is 10.5. The predicted octanol–water partition coefficient (Wildman–Crippen LogP) is 1.44. The van der Waals surface area contributed by atoms with Crippen LogP contribution in [0.15, 0.2) is 16.5 Å². The summed E-state index contributed by atoms with van der Waals surface area (Å²) in [6.07, 6.45) is 0. The fourth-order valence-corrected chi connectivity index (χ4v) is 1.91. The minimum absolute atomic E-state index is 0.0170. The molecule has 0 spiro atoms. The van der Waals surface area contributed by atoms with Crippen LogP contribution in [0.5, 0.6) is 0 Å². The van der Waals surface area contributed by atoms with Crippen molar-refractivity contribution < 1.29 is 18.9 Å².